The standard InChI is InChI=1S/C25H28ClN5O2/c1-18(2)27-23(32)17-29-12-14-30(15-13-29)25(33)22-16-31(21-6-4-3-5-7-21)28-24(22)19-8-10-20(26)11-9-19/h3-11,16,18H,12-15,17H2,1-2H3,(H,27,32). The summed E-state index contributed by atoms with van der Waals surface area (Å²) in [4.78, 5) is 29.5. The van der Waals surface area contributed by atoms with Crippen molar-refractivity contribution in [2.75, 3.05) is 32.7 Å². The summed E-state index contributed by atoms with van der Waals surface area (Å²) in [6.45, 7) is 6.67. The van der Waals surface area contributed by atoms with Gasteiger partial charge in [-0.1, -0.05) is 41.9 Å². The van der Waals surface area contributed by atoms with Crippen molar-refractivity contribution in [2.45, 2.75) is 19.9 Å². The number of carbonyl (C=O) groups is 2. The van der Waals surface area contributed by atoms with E-state index in [9.17, 15) is 9.59 Å². The quantitative estimate of drug-likeness (QED) is 0.605. The zero-order valence-electron chi connectivity index (χ0n) is 18.9. The first-order valence-electron chi connectivity index (χ1n) is 11.1. The number of hydrogen-bond acceptors (Lipinski definition) is 4. The average Bonchev–Trinajstić information content (AvgIpc) is 3.25. The summed E-state index contributed by atoms with van der Waals surface area (Å²) in [5, 5.41) is 8.29. The molecule has 172 valence electrons. The molecule has 1 saturated heterocycles. The molecule has 2 amide bonds. The lowest BCUT2D eigenvalue weighted by molar-refractivity contribution is -0.123. The van der Waals surface area contributed by atoms with Gasteiger partial charge in [0.2, 0.25) is 5.91 Å². The number of halogens is 1. The lowest BCUT2D eigenvalue weighted by Gasteiger charge is -2.34. The van der Waals surface area contributed by atoms with Gasteiger partial charge in [-0.25, -0.2) is 4.68 Å². The molecule has 33 heavy (non-hydrogen) atoms. The van der Waals surface area contributed by atoms with Crippen molar-refractivity contribution in [2.24, 2.45) is 0 Å². The average molecular weight is 466 g/mol. The normalized spacial score (nSPS) is 14.5. The summed E-state index contributed by atoms with van der Waals surface area (Å²) < 4.78 is 1.74. The van der Waals surface area contributed by atoms with Crippen molar-refractivity contribution in [3.05, 3.63) is 71.4 Å². The van der Waals surface area contributed by atoms with Crippen LogP contribution in [0.2, 0.25) is 5.02 Å². The van der Waals surface area contributed by atoms with Crippen LogP contribution >= 0.6 is 11.6 Å². The van der Waals surface area contributed by atoms with E-state index in [1.165, 1.54) is 0 Å². The molecular weight excluding hydrogens is 438 g/mol. The van der Waals surface area contributed by atoms with Crippen LogP contribution in [0, 0.1) is 0 Å². The van der Waals surface area contributed by atoms with Crippen LogP contribution in [0.5, 0.6) is 0 Å². The van der Waals surface area contributed by atoms with E-state index in [-0.39, 0.29) is 17.9 Å². The van der Waals surface area contributed by atoms with Gasteiger partial charge in [0, 0.05) is 49.0 Å². The number of piperazine rings is 1. The Morgan fingerprint density at radius 2 is 1.67 bits per heavy atom. The van der Waals surface area contributed by atoms with Crippen LogP contribution in [0.25, 0.3) is 16.9 Å². The lowest BCUT2D eigenvalue weighted by Crippen LogP contribution is -2.51. The van der Waals surface area contributed by atoms with Crippen molar-refractivity contribution < 1.29 is 9.59 Å². The van der Waals surface area contributed by atoms with Gasteiger partial charge >= 0.3 is 0 Å². The van der Waals surface area contributed by atoms with Gasteiger partial charge < -0.3 is 10.2 Å². The summed E-state index contributed by atoms with van der Waals surface area (Å²) in [5.74, 6) is -0.0487. The van der Waals surface area contributed by atoms with Crippen LogP contribution in [0.15, 0.2) is 60.8 Å². The molecule has 1 aromatic heterocycles. The van der Waals surface area contributed by atoms with E-state index in [0.29, 0.717) is 49.0 Å². The van der Waals surface area contributed by atoms with Gasteiger partial charge in [-0.3, -0.25) is 14.5 Å². The second-order valence-electron chi connectivity index (χ2n) is 8.47. The Morgan fingerprint density at radius 1 is 1.00 bits per heavy atom. The number of benzene rings is 2. The minimum absolute atomic E-state index is 0.0129. The monoisotopic (exact) mass is 465 g/mol. The SMILES string of the molecule is CC(C)NC(=O)CN1CCN(C(=O)c2cn(-c3ccccc3)nc2-c2ccc(Cl)cc2)CC1. The van der Waals surface area contributed by atoms with Crippen LogP contribution < -0.4 is 5.32 Å². The highest BCUT2D eigenvalue weighted by Gasteiger charge is 2.27. The number of nitrogens with one attached hydrogen (secondary N) is 1. The van der Waals surface area contributed by atoms with Crippen LogP contribution in [-0.4, -0.2) is 70.2 Å². The first kappa shape index (κ1) is 23.0. The number of para-hydroxylation sites is 1. The fourth-order valence-electron chi connectivity index (χ4n) is 3.91. The predicted octanol–water partition coefficient (Wildman–Crippen LogP) is 3.48. The summed E-state index contributed by atoms with van der Waals surface area (Å²) in [6.07, 6.45) is 1.80. The molecule has 0 unspecified atom stereocenters. The van der Waals surface area contributed by atoms with Crippen molar-refractivity contribution >= 4 is 23.4 Å². The Hall–Kier alpha value is -3.16. The third-order valence-corrected chi connectivity index (χ3v) is 5.81. The minimum atomic E-state index is -0.0617. The topological polar surface area (TPSA) is 70.5 Å². The highest BCUT2D eigenvalue weighted by Crippen LogP contribution is 2.26. The Labute approximate surface area is 198 Å². The Morgan fingerprint density at radius 3 is 2.30 bits per heavy atom. The number of nitrogens with zero attached hydrogens (tertiary/aromatic N) is 4. The summed E-state index contributed by atoms with van der Waals surface area (Å²) in [7, 11) is 0. The van der Waals surface area contributed by atoms with Crippen LogP contribution in [-0.2, 0) is 4.79 Å². The number of rotatable bonds is 6. The van der Waals surface area contributed by atoms with Crippen LogP contribution in [0.4, 0.5) is 0 Å². The lowest BCUT2D eigenvalue weighted by atomic mass is 10.1. The van der Waals surface area contributed by atoms with Crippen LogP contribution in [0.3, 0.4) is 0 Å². The zero-order valence-corrected chi connectivity index (χ0v) is 19.6. The first-order valence-corrected chi connectivity index (χ1v) is 11.5. The molecule has 0 radical (unpaired) electrons. The number of amides is 2. The highest BCUT2D eigenvalue weighted by atomic mass is 35.5. The molecule has 7 nitrogen and oxygen atoms in total. The molecule has 8 heteroatoms. The maximum atomic E-state index is 13.5. The fourth-order valence-corrected chi connectivity index (χ4v) is 4.04. The maximum Gasteiger partial charge on any atom is 0.257 e. The van der Waals surface area contributed by atoms with E-state index in [4.69, 9.17) is 16.7 Å². The maximum absolute atomic E-state index is 13.5. The zero-order chi connectivity index (χ0) is 23.4. The number of hydrogen-bond donors (Lipinski definition) is 1. The molecule has 1 fully saturated rings. The molecule has 0 saturated carbocycles. The summed E-state index contributed by atoms with van der Waals surface area (Å²) in [5.41, 5.74) is 2.89. The summed E-state index contributed by atoms with van der Waals surface area (Å²) >= 11 is 6.07. The minimum Gasteiger partial charge on any atom is -0.353 e. The van der Waals surface area contributed by atoms with Gasteiger partial charge in [0.15, 0.2) is 0 Å². The van der Waals surface area contributed by atoms with E-state index in [0.717, 1.165) is 11.3 Å². The molecule has 1 aliphatic heterocycles. The molecule has 1 N–H and O–H groups in total. The van der Waals surface area contributed by atoms with Gasteiger partial charge in [0.1, 0.15) is 5.69 Å². The predicted molar refractivity (Wildman–Crippen MR) is 130 cm³/mol. The molecule has 0 bridgehead atoms. The van der Waals surface area contributed by atoms with Gasteiger partial charge in [-0.15, -0.1) is 0 Å². The molecule has 2 heterocycles. The molecule has 2 aromatic carbocycles. The van der Waals surface area contributed by atoms with E-state index < -0.39 is 0 Å². The molecule has 3 aromatic rings. The fraction of sp³-hybridized carbons (Fsp3) is 0.320. The van der Waals surface area contributed by atoms with Gasteiger partial charge in [0.25, 0.3) is 5.91 Å². The molecule has 1 aliphatic rings. The summed E-state index contributed by atoms with van der Waals surface area (Å²) in [6, 6.07) is 17.2. The third kappa shape index (κ3) is 5.61. The van der Waals surface area contributed by atoms with Gasteiger partial charge in [-0.05, 0) is 38.1 Å². The Balaban J connectivity index is 1.54. The third-order valence-electron chi connectivity index (χ3n) is 5.56. The Bertz CT molecular complexity index is 1100. The van der Waals surface area contributed by atoms with Crippen molar-refractivity contribution in [3.8, 4) is 16.9 Å². The van der Waals surface area contributed by atoms with E-state index in [1.807, 2.05) is 61.2 Å². The van der Waals surface area contributed by atoms with Gasteiger partial charge in [0.05, 0.1) is 17.8 Å². The largest absolute Gasteiger partial charge is 0.353 e. The molecule has 4 rings (SSSR count). The first-order chi connectivity index (χ1) is 15.9. The smallest absolute Gasteiger partial charge is 0.257 e. The molecular formula is C25H28ClN5O2. The van der Waals surface area contributed by atoms with Crippen molar-refractivity contribution in [1.82, 2.24) is 24.9 Å². The van der Waals surface area contributed by atoms with Crippen LogP contribution in [0.1, 0.15) is 24.2 Å². The molecule has 0 atom stereocenters. The van der Waals surface area contributed by atoms with Crippen molar-refractivity contribution in [1.29, 1.82) is 0 Å². The van der Waals surface area contributed by atoms with E-state index in [1.54, 1.807) is 23.0 Å². The highest BCUT2D eigenvalue weighted by molar-refractivity contribution is 6.30. The van der Waals surface area contributed by atoms with Crippen molar-refractivity contribution in [3.63, 3.8) is 0 Å². The van der Waals surface area contributed by atoms with E-state index >= 15 is 0 Å². The van der Waals surface area contributed by atoms with E-state index in [2.05, 4.69) is 10.2 Å². The molecule has 0 aliphatic carbocycles. The second kappa shape index (κ2) is 10.2. The number of carbonyl (C=O) groups excluding carboxylic acids is 2. The second-order valence-corrected chi connectivity index (χ2v) is 8.91. The molecule has 0 spiro atoms. The Kier molecular flexibility index (Phi) is 7.11. The number of aromatic nitrogens is 2. The van der Waals surface area contributed by atoms with Gasteiger partial charge in [-0.2, -0.15) is 5.10 Å².